The van der Waals surface area contributed by atoms with Gasteiger partial charge in [-0.2, -0.15) is 21.4 Å². The third-order valence-electron chi connectivity index (χ3n) is 1.27. The maximum Gasteiger partial charge on any atom is 0.331 e. The van der Waals surface area contributed by atoms with Crippen LogP contribution in [0, 0.1) is 0 Å². The Balaban J connectivity index is 4.17. The second-order valence-electron chi connectivity index (χ2n) is 2.39. The van der Waals surface area contributed by atoms with Gasteiger partial charge >= 0.3 is 12.0 Å². The summed E-state index contributed by atoms with van der Waals surface area (Å²) in [5.74, 6) is -1.31. The fourth-order valence-corrected chi connectivity index (χ4v) is 0.938. The molecular formula is C6H10F3NO2S. The van der Waals surface area contributed by atoms with Gasteiger partial charge in [-0.05, 0) is 12.2 Å². The lowest BCUT2D eigenvalue weighted by Gasteiger charge is -2.19. The molecule has 0 aromatic rings. The highest BCUT2D eigenvalue weighted by Crippen LogP contribution is 2.12. The van der Waals surface area contributed by atoms with E-state index in [1.54, 1.807) is 0 Å². The van der Waals surface area contributed by atoms with E-state index in [0.717, 1.165) is 0 Å². The van der Waals surface area contributed by atoms with Crippen LogP contribution in [0.1, 0.15) is 6.42 Å². The maximum absolute atomic E-state index is 12.3. The summed E-state index contributed by atoms with van der Waals surface area (Å²) in [5, 5.41) is 9.80. The highest BCUT2D eigenvalue weighted by molar-refractivity contribution is 7.80. The molecule has 0 aromatic heterocycles. The fraction of sp³-hybridized carbons (Fsp3) is 0.833. The normalized spacial score (nSPS) is 14.2. The first-order valence-corrected chi connectivity index (χ1v) is 4.11. The molecule has 0 aromatic carbocycles. The molecule has 0 saturated carbocycles. The second kappa shape index (κ2) is 5.33. The zero-order valence-electron chi connectivity index (χ0n) is 6.64. The number of halogens is 3. The van der Waals surface area contributed by atoms with Crippen molar-refractivity contribution in [2.45, 2.75) is 18.5 Å². The van der Waals surface area contributed by atoms with E-state index >= 15 is 0 Å². The van der Waals surface area contributed by atoms with Gasteiger partial charge < -0.3 is 5.11 Å². The molecule has 1 unspecified atom stereocenters. The van der Waals surface area contributed by atoms with E-state index in [9.17, 15) is 18.0 Å². The Kier molecular flexibility index (Phi) is 5.16. The Hall–Kier alpha value is -0.430. The van der Waals surface area contributed by atoms with Crippen molar-refractivity contribution in [1.29, 1.82) is 0 Å². The first kappa shape index (κ1) is 12.6. The number of hydrogen-bond donors (Lipinski definition) is 3. The summed E-state index contributed by atoms with van der Waals surface area (Å²) in [4.78, 5) is 10.3. The van der Waals surface area contributed by atoms with E-state index in [-0.39, 0.29) is 12.2 Å². The molecule has 0 rings (SSSR count). The third kappa shape index (κ3) is 4.99. The van der Waals surface area contributed by atoms with Gasteiger partial charge in [0, 0.05) is 0 Å². The number of rotatable bonds is 6. The number of hydrogen-bond acceptors (Lipinski definition) is 3. The third-order valence-corrected chi connectivity index (χ3v) is 1.53. The lowest BCUT2D eigenvalue weighted by molar-refractivity contribution is -0.144. The molecule has 0 aliphatic carbocycles. The molecule has 0 radical (unpaired) electrons. The van der Waals surface area contributed by atoms with Crippen LogP contribution >= 0.6 is 12.6 Å². The molecular weight excluding hydrogens is 207 g/mol. The molecule has 0 saturated heterocycles. The van der Waals surface area contributed by atoms with Crippen molar-refractivity contribution in [1.82, 2.24) is 5.32 Å². The summed E-state index contributed by atoms with van der Waals surface area (Å²) in [6.45, 7) is -1.93. The van der Waals surface area contributed by atoms with Gasteiger partial charge in [0.15, 0.2) is 6.67 Å². The molecule has 0 aliphatic rings. The Morgan fingerprint density at radius 1 is 1.62 bits per heavy atom. The zero-order chi connectivity index (χ0) is 10.5. The predicted molar refractivity (Wildman–Crippen MR) is 44.0 cm³/mol. The van der Waals surface area contributed by atoms with Crippen LogP contribution in [-0.2, 0) is 4.79 Å². The molecule has 13 heavy (non-hydrogen) atoms. The van der Waals surface area contributed by atoms with Crippen LogP contribution < -0.4 is 5.32 Å². The summed E-state index contributed by atoms with van der Waals surface area (Å²) >= 11 is 3.69. The lowest BCUT2D eigenvalue weighted by atomic mass is 10.2. The van der Waals surface area contributed by atoms with E-state index in [4.69, 9.17) is 5.11 Å². The molecule has 0 amide bonds. The molecule has 0 aliphatic heterocycles. The minimum Gasteiger partial charge on any atom is -0.480 e. The summed E-state index contributed by atoms with van der Waals surface area (Å²) in [5.41, 5.74) is 0. The van der Waals surface area contributed by atoms with Gasteiger partial charge in [0.05, 0.1) is 0 Å². The van der Waals surface area contributed by atoms with Gasteiger partial charge in [-0.1, -0.05) is 0 Å². The van der Waals surface area contributed by atoms with Crippen LogP contribution in [0.5, 0.6) is 0 Å². The minimum atomic E-state index is -3.79. The van der Waals surface area contributed by atoms with Crippen molar-refractivity contribution in [2.75, 3.05) is 12.4 Å². The molecule has 3 nitrogen and oxygen atoms in total. The summed E-state index contributed by atoms with van der Waals surface area (Å²) in [6, 6.07) is -5.25. The van der Waals surface area contributed by atoms with Crippen LogP contribution in [0.2, 0.25) is 0 Å². The van der Waals surface area contributed by atoms with Gasteiger partial charge in [-0.15, -0.1) is 0 Å². The number of carboxylic acids is 1. The van der Waals surface area contributed by atoms with Crippen LogP contribution in [0.3, 0.4) is 0 Å². The van der Waals surface area contributed by atoms with E-state index < -0.39 is 24.7 Å². The molecule has 0 spiro atoms. The largest absolute Gasteiger partial charge is 0.480 e. The van der Waals surface area contributed by atoms with Crippen LogP contribution in [0.4, 0.5) is 13.2 Å². The number of thiol groups is 1. The van der Waals surface area contributed by atoms with Crippen molar-refractivity contribution < 1.29 is 23.1 Å². The molecule has 78 valence electrons. The standard InChI is InChI=1S/C6H10F3NO2S/c7-3-6(8,9)10-4(1-2-13)5(11)12/h4,10,13H,1-3H2,(H,11,12). The quantitative estimate of drug-likeness (QED) is 0.458. The van der Waals surface area contributed by atoms with Crippen LogP contribution in [-0.4, -0.2) is 35.6 Å². The SMILES string of the molecule is O=C(O)C(CCS)NC(F)(F)CF. The van der Waals surface area contributed by atoms with Crippen molar-refractivity contribution in [3.8, 4) is 0 Å². The average Bonchev–Trinajstić information content (AvgIpc) is 2.03. The topological polar surface area (TPSA) is 49.3 Å². The molecule has 0 bridgehead atoms. The average molecular weight is 217 g/mol. The maximum atomic E-state index is 12.3. The van der Waals surface area contributed by atoms with E-state index in [1.807, 2.05) is 0 Å². The van der Waals surface area contributed by atoms with Gasteiger partial charge in [0.25, 0.3) is 0 Å². The molecule has 1 atom stereocenters. The predicted octanol–water partition coefficient (Wildman–Crippen LogP) is 0.911. The van der Waals surface area contributed by atoms with Crippen LogP contribution in [0.15, 0.2) is 0 Å². The van der Waals surface area contributed by atoms with Crippen LogP contribution in [0.25, 0.3) is 0 Å². The Morgan fingerprint density at radius 2 is 2.15 bits per heavy atom. The molecule has 2 N–H and O–H groups in total. The second-order valence-corrected chi connectivity index (χ2v) is 2.83. The zero-order valence-corrected chi connectivity index (χ0v) is 7.53. The van der Waals surface area contributed by atoms with Crippen molar-refractivity contribution in [2.24, 2.45) is 0 Å². The first-order valence-electron chi connectivity index (χ1n) is 3.48. The number of aliphatic carboxylic acids is 1. The smallest absolute Gasteiger partial charge is 0.331 e. The summed E-state index contributed by atoms with van der Waals surface area (Å²) < 4.78 is 36.2. The number of nitrogens with one attached hydrogen (secondary N) is 1. The number of carboxylic acid groups (broad SMARTS) is 1. The lowest BCUT2D eigenvalue weighted by Crippen LogP contribution is -2.49. The van der Waals surface area contributed by atoms with Crippen molar-refractivity contribution in [3.63, 3.8) is 0 Å². The Morgan fingerprint density at radius 3 is 2.46 bits per heavy atom. The van der Waals surface area contributed by atoms with Crippen molar-refractivity contribution >= 4 is 18.6 Å². The number of carbonyl (C=O) groups is 1. The van der Waals surface area contributed by atoms with E-state index in [2.05, 4.69) is 12.6 Å². The molecule has 0 heterocycles. The van der Waals surface area contributed by atoms with Gasteiger partial charge in [-0.3, -0.25) is 4.79 Å². The van der Waals surface area contributed by atoms with Gasteiger partial charge in [-0.25, -0.2) is 9.71 Å². The Bertz CT molecular complexity index is 179. The highest BCUT2D eigenvalue weighted by Gasteiger charge is 2.34. The minimum absolute atomic E-state index is 0.0893. The summed E-state index contributed by atoms with van der Waals surface area (Å²) in [6.07, 6.45) is -0.0893. The Labute approximate surface area is 78.7 Å². The van der Waals surface area contributed by atoms with Crippen molar-refractivity contribution in [3.05, 3.63) is 0 Å². The van der Waals surface area contributed by atoms with E-state index in [1.165, 1.54) is 5.32 Å². The molecule has 0 fully saturated rings. The summed E-state index contributed by atoms with van der Waals surface area (Å²) in [7, 11) is 0. The first-order chi connectivity index (χ1) is 5.93. The van der Waals surface area contributed by atoms with E-state index in [0.29, 0.717) is 0 Å². The van der Waals surface area contributed by atoms with Gasteiger partial charge in [0.1, 0.15) is 6.04 Å². The van der Waals surface area contributed by atoms with Gasteiger partial charge in [0.2, 0.25) is 0 Å². The number of alkyl halides is 3. The highest BCUT2D eigenvalue weighted by atomic mass is 32.1. The monoisotopic (exact) mass is 217 g/mol. The molecule has 7 heteroatoms. The fourth-order valence-electron chi connectivity index (χ4n) is 0.680.